The SMILES string of the molecule is C=C(Cl)/C=C(\C(=C)O)C(C)C. The summed E-state index contributed by atoms with van der Waals surface area (Å²) in [5.74, 6) is 0.268. The summed E-state index contributed by atoms with van der Waals surface area (Å²) in [6.07, 6.45) is 1.62. The summed E-state index contributed by atoms with van der Waals surface area (Å²) in [4.78, 5) is 0. The number of hydrogen-bond acceptors (Lipinski definition) is 1. The molecule has 1 nitrogen and oxygen atoms in total. The molecule has 0 heterocycles. The van der Waals surface area contributed by atoms with Gasteiger partial charge in [-0.2, -0.15) is 0 Å². The molecule has 0 saturated heterocycles. The van der Waals surface area contributed by atoms with Crippen LogP contribution in [0.25, 0.3) is 0 Å². The zero-order valence-corrected chi connectivity index (χ0v) is 7.65. The first-order valence-electron chi connectivity index (χ1n) is 3.39. The summed E-state index contributed by atoms with van der Waals surface area (Å²) in [6.45, 7) is 10.8. The highest BCUT2D eigenvalue weighted by Crippen LogP contribution is 2.18. The summed E-state index contributed by atoms with van der Waals surface area (Å²) in [6, 6.07) is 0. The van der Waals surface area contributed by atoms with Crippen molar-refractivity contribution in [3.8, 4) is 0 Å². The van der Waals surface area contributed by atoms with Gasteiger partial charge in [-0.3, -0.25) is 0 Å². The lowest BCUT2D eigenvalue weighted by atomic mass is 10.0. The Morgan fingerprint density at radius 1 is 1.45 bits per heavy atom. The van der Waals surface area contributed by atoms with Gasteiger partial charge in [0.15, 0.2) is 0 Å². The number of aliphatic hydroxyl groups is 1. The van der Waals surface area contributed by atoms with E-state index in [-0.39, 0.29) is 11.7 Å². The minimum absolute atomic E-state index is 0.0572. The van der Waals surface area contributed by atoms with Crippen molar-refractivity contribution in [2.24, 2.45) is 5.92 Å². The number of hydrogen-bond donors (Lipinski definition) is 1. The van der Waals surface area contributed by atoms with Crippen LogP contribution in [0.1, 0.15) is 13.8 Å². The van der Waals surface area contributed by atoms with Crippen LogP contribution in [0.3, 0.4) is 0 Å². The predicted molar refractivity (Wildman–Crippen MR) is 49.7 cm³/mol. The maximum atomic E-state index is 9.07. The van der Waals surface area contributed by atoms with E-state index in [0.29, 0.717) is 5.03 Å². The Balaban J connectivity index is 4.60. The van der Waals surface area contributed by atoms with Crippen LogP contribution in [-0.4, -0.2) is 5.11 Å². The average Bonchev–Trinajstić information content (AvgIpc) is 1.81. The van der Waals surface area contributed by atoms with Gasteiger partial charge in [0, 0.05) is 5.03 Å². The van der Waals surface area contributed by atoms with Crippen LogP contribution in [0, 0.1) is 5.92 Å². The zero-order chi connectivity index (χ0) is 9.02. The van der Waals surface area contributed by atoms with Crippen LogP contribution < -0.4 is 0 Å². The van der Waals surface area contributed by atoms with Crippen molar-refractivity contribution in [3.63, 3.8) is 0 Å². The van der Waals surface area contributed by atoms with Gasteiger partial charge in [0.2, 0.25) is 0 Å². The minimum Gasteiger partial charge on any atom is -0.508 e. The Morgan fingerprint density at radius 2 is 1.91 bits per heavy atom. The Bertz CT molecular complexity index is 202. The standard InChI is InChI=1S/C9H13ClO/c1-6(2)9(8(4)11)5-7(3)10/h5-6,11H,3-4H2,1-2H3/b9-5-. The molecule has 0 aliphatic heterocycles. The first-order chi connectivity index (χ1) is 4.95. The van der Waals surface area contributed by atoms with Crippen molar-refractivity contribution in [1.29, 1.82) is 0 Å². The zero-order valence-electron chi connectivity index (χ0n) is 6.89. The number of rotatable bonds is 3. The van der Waals surface area contributed by atoms with Crippen LogP contribution in [0.15, 0.2) is 35.6 Å². The lowest BCUT2D eigenvalue weighted by Gasteiger charge is -2.08. The monoisotopic (exact) mass is 172 g/mol. The molecule has 62 valence electrons. The molecule has 0 aliphatic carbocycles. The molecule has 0 rings (SSSR count). The second-order valence-corrected chi connectivity index (χ2v) is 3.13. The highest BCUT2D eigenvalue weighted by atomic mass is 35.5. The van der Waals surface area contributed by atoms with Gasteiger partial charge in [-0.25, -0.2) is 0 Å². The van der Waals surface area contributed by atoms with Gasteiger partial charge in [-0.15, -0.1) is 0 Å². The molecule has 0 radical (unpaired) electrons. The van der Waals surface area contributed by atoms with Crippen molar-refractivity contribution in [2.75, 3.05) is 0 Å². The van der Waals surface area contributed by atoms with Crippen LogP contribution in [0.5, 0.6) is 0 Å². The van der Waals surface area contributed by atoms with Gasteiger partial charge in [-0.1, -0.05) is 38.6 Å². The van der Waals surface area contributed by atoms with Crippen LogP contribution in [-0.2, 0) is 0 Å². The molecule has 0 spiro atoms. The van der Waals surface area contributed by atoms with Crippen LogP contribution >= 0.6 is 11.6 Å². The van der Waals surface area contributed by atoms with Crippen molar-refractivity contribution in [1.82, 2.24) is 0 Å². The third-order valence-electron chi connectivity index (χ3n) is 1.27. The molecular formula is C9H13ClO. The van der Waals surface area contributed by atoms with Gasteiger partial charge in [0.25, 0.3) is 0 Å². The molecular weight excluding hydrogens is 160 g/mol. The fraction of sp³-hybridized carbons (Fsp3) is 0.333. The van der Waals surface area contributed by atoms with E-state index in [2.05, 4.69) is 13.2 Å². The van der Waals surface area contributed by atoms with E-state index in [4.69, 9.17) is 16.7 Å². The molecule has 0 fully saturated rings. The van der Waals surface area contributed by atoms with Crippen molar-refractivity contribution in [3.05, 3.63) is 35.6 Å². The van der Waals surface area contributed by atoms with Crippen LogP contribution in [0.2, 0.25) is 0 Å². The first-order valence-corrected chi connectivity index (χ1v) is 3.77. The molecule has 0 aromatic rings. The van der Waals surface area contributed by atoms with E-state index in [0.717, 1.165) is 5.57 Å². The van der Waals surface area contributed by atoms with E-state index in [1.165, 1.54) is 0 Å². The molecule has 11 heavy (non-hydrogen) atoms. The maximum Gasteiger partial charge on any atom is 0.111 e. The van der Waals surface area contributed by atoms with Crippen molar-refractivity contribution < 1.29 is 5.11 Å². The van der Waals surface area contributed by atoms with E-state index in [1.54, 1.807) is 6.08 Å². The molecule has 0 aromatic carbocycles. The minimum atomic E-state index is 0.0572. The normalized spacial score (nSPS) is 11.8. The summed E-state index contributed by atoms with van der Waals surface area (Å²) in [7, 11) is 0. The van der Waals surface area contributed by atoms with Crippen molar-refractivity contribution in [2.45, 2.75) is 13.8 Å². The number of halogens is 1. The largest absolute Gasteiger partial charge is 0.508 e. The Hall–Kier alpha value is -0.690. The third-order valence-corrected chi connectivity index (χ3v) is 1.38. The predicted octanol–water partition coefficient (Wildman–Crippen LogP) is 3.39. The molecule has 0 saturated carbocycles. The van der Waals surface area contributed by atoms with E-state index in [9.17, 15) is 0 Å². The fourth-order valence-corrected chi connectivity index (χ4v) is 0.869. The fourth-order valence-electron chi connectivity index (χ4n) is 0.752. The number of allylic oxidation sites excluding steroid dienone is 3. The molecule has 1 N–H and O–H groups in total. The molecule has 0 bridgehead atoms. The van der Waals surface area contributed by atoms with Gasteiger partial charge in [0.1, 0.15) is 5.76 Å². The van der Waals surface area contributed by atoms with Gasteiger partial charge in [-0.05, 0) is 17.6 Å². The smallest absolute Gasteiger partial charge is 0.111 e. The van der Waals surface area contributed by atoms with Crippen molar-refractivity contribution >= 4 is 11.6 Å². The average molecular weight is 173 g/mol. The van der Waals surface area contributed by atoms with Gasteiger partial charge in [0.05, 0.1) is 0 Å². The molecule has 0 aliphatic rings. The molecule has 0 aromatic heterocycles. The summed E-state index contributed by atoms with van der Waals surface area (Å²) < 4.78 is 0. The Labute approximate surface area is 72.7 Å². The van der Waals surface area contributed by atoms with E-state index in [1.807, 2.05) is 13.8 Å². The molecule has 0 amide bonds. The van der Waals surface area contributed by atoms with E-state index >= 15 is 0 Å². The topological polar surface area (TPSA) is 20.2 Å². The molecule has 0 unspecified atom stereocenters. The summed E-state index contributed by atoms with van der Waals surface area (Å²) in [5.41, 5.74) is 0.727. The lowest BCUT2D eigenvalue weighted by molar-refractivity contribution is 0.413. The third kappa shape index (κ3) is 3.89. The molecule has 2 heteroatoms. The molecule has 0 atom stereocenters. The Morgan fingerprint density at radius 3 is 2.00 bits per heavy atom. The second-order valence-electron chi connectivity index (χ2n) is 2.65. The van der Waals surface area contributed by atoms with Gasteiger partial charge < -0.3 is 5.11 Å². The van der Waals surface area contributed by atoms with Crippen LogP contribution in [0.4, 0.5) is 0 Å². The lowest BCUT2D eigenvalue weighted by Crippen LogP contribution is -1.96. The first kappa shape index (κ1) is 10.3. The summed E-state index contributed by atoms with van der Waals surface area (Å²) in [5, 5.41) is 9.48. The number of aliphatic hydroxyl groups excluding tert-OH is 1. The highest BCUT2D eigenvalue weighted by Gasteiger charge is 2.05. The quantitative estimate of drug-likeness (QED) is 0.511. The highest BCUT2D eigenvalue weighted by molar-refractivity contribution is 6.30. The van der Waals surface area contributed by atoms with Gasteiger partial charge >= 0.3 is 0 Å². The second kappa shape index (κ2) is 4.24. The Kier molecular flexibility index (Phi) is 3.98. The summed E-state index contributed by atoms with van der Waals surface area (Å²) >= 11 is 5.54. The maximum absolute atomic E-state index is 9.07. The van der Waals surface area contributed by atoms with E-state index < -0.39 is 0 Å².